The lowest BCUT2D eigenvalue weighted by Crippen LogP contribution is -2.29. The van der Waals surface area contributed by atoms with Gasteiger partial charge in [-0.1, -0.05) is 0 Å². The Kier molecular flexibility index (Phi) is 2.52. The van der Waals surface area contributed by atoms with E-state index in [-0.39, 0.29) is 5.75 Å². The number of phenols is 1. The molecule has 3 N–H and O–H groups in total. The molecule has 0 aliphatic carbocycles. The van der Waals surface area contributed by atoms with Gasteiger partial charge in [-0.25, -0.2) is 0 Å². The molecule has 3 rings (SSSR count). The van der Waals surface area contributed by atoms with E-state index >= 15 is 0 Å². The van der Waals surface area contributed by atoms with Crippen molar-refractivity contribution in [1.82, 2.24) is 0 Å². The highest BCUT2D eigenvalue weighted by molar-refractivity contribution is 5.80. The largest absolute Gasteiger partial charge is 0.508 e. The van der Waals surface area contributed by atoms with Crippen molar-refractivity contribution < 1.29 is 9.84 Å². The lowest BCUT2D eigenvalue weighted by molar-refractivity contribution is 0.105. The van der Waals surface area contributed by atoms with Gasteiger partial charge in [0.1, 0.15) is 17.1 Å². The summed E-state index contributed by atoms with van der Waals surface area (Å²) in [6.45, 7) is 7.92. The zero-order chi connectivity index (χ0) is 14.7. The van der Waals surface area contributed by atoms with Crippen molar-refractivity contribution >= 4 is 5.69 Å². The van der Waals surface area contributed by atoms with Gasteiger partial charge in [0.25, 0.3) is 0 Å². The standard InChI is InChI=1S/C17H19NO2/c1-9-5-11-12-6-10(2)15(19)8-16(12)20-17(3,4)13(11)7-14(9)18/h5-8,19H,18H2,1-4H3. The quantitative estimate of drug-likeness (QED) is 0.713. The van der Waals surface area contributed by atoms with E-state index in [1.54, 1.807) is 6.07 Å². The lowest BCUT2D eigenvalue weighted by atomic mass is 9.84. The summed E-state index contributed by atoms with van der Waals surface area (Å²) in [7, 11) is 0. The van der Waals surface area contributed by atoms with Crippen LogP contribution >= 0.6 is 0 Å². The summed E-state index contributed by atoms with van der Waals surface area (Å²) in [4.78, 5) is 0. The second-order valence-electron chi connectivity index (χ2n) is 6.00. The third kappa shape index (κ3) is 1.73. The number of aryl methyl sites for hydroxylation is 2. The minimum atomic E-state index is -0.466. The molecule has 20 heavy (non-hydrogen) atoms. The number of hydrogen-bond acceptors (Lipinski definition) is 3. The average Bonchev–Trinajstić information content (AvgIpc) is 2.34. The van der Waals surface area contributed by atoms with Gasteiger partial charge in [0.2, 0.25) is 0 Å². The molecular weight excluding hydrogens is 250 g/mol. The Hall–Kier alpha value is -2.16. The predicted octanol–water partition coefficient (Wildman–Crippen LogP) is 3.89. The molecule has 0 spiro atoms. The number of phenolic OH excluding ortho intramolecular Hbond substituents is 1. The molecule has 3 heteroatoms. The van der Waals surface area contributed by atoms with E-state index in [0.717, 1.165) is 39.3 Å². The van der Waals surface area contributed by atoms with Crippen molar-refractivity contribution in [1.29, 1.82) is 0 Å². The average molecular weight is 269 g/mol. The molecule has 2 aromatic rings. The molecule has 0 unspecified atom stereocenters. The number of fused-ring (bicyclic) bond motifs is 3. The van der Waals surface area contributed by atoms with E-state index in [9.17, 15) is 5.11 Å². The van der Waals surface area contributed by atoms with Gasteiger partial charge in [-0.15, -0.1) is 0 Å². The number of nitrogens with two attached hydrogens (primary N) is 1. The summed E-state index contributed by atoms with van der Waals surface area (Å²) in [5, 5.41) is 9.89. The van der Waals surface area contributed by atoms with Crippen molar-refractivity contribution in [3.05, 3.63) is 41.0 Å². The van der Waals surface area contributed by atoms with Crippen LogP contribution in [0.4, 0.5) is 5.69 Å². The van der Waals surface area contributed by atoms with E-state index in [2.05, 4.69) is 6.07 Å². The molecule has 0 fully saturated rings. The van der Waals surface area contributed by atoms with Crippen molar-refractivity contribution in [2.75, 3.05) is 5.73 Å². The first-order valence-electron chi connectivity index (χ1n) is 6.73. The Morgan fingerprint density at radius 2 is 1.65 bits per heavy atom. The van der Waals surface area contributed by atoms with Crippen LogP contribution in [0.1, 0.15) is 30.5 Å². The fourth-order valence-corrected chi connectivity index (χ4v) is 2.75. The van der Waals surface area contributed by atoms with Gasteiger partial charge in [0.15, 0.2) is 0 Å². The van der Waals surface area contributed by atoms with Crippen LogP contribution in [0, 0.1) is 13.8 Å². The van der Waals surface area contributed by atoms with Crippen LogP contribution in [0.25, 0.3) is 11.1 Å². The first kappa shape index (κ1) is 12.9. The maximum Gasteiger partial charge on any atom is 0.132 e. The van der Waals surface area contributed by atoms with Gasteiger partial charge in [0, 0.05) is 22.9 Å². The zero-order valence-corrected chi connectivity index (χ0v) is 12.2. The van der Waals surface area contributed by atoms with E-state index in [1.165, 1.54) is 0 Å². The molecule has 0 atom stereocenters. The normalized spacial score (nSPS) is 15.2. The SMILES string of the molecule is Cc1cc2c(cc1N)C(C)(C)Oc1cc(O)c(C)cc1-2. The molecule has 1 aliphatic rings. The first-order chi connectivity index (χ1) is 9.29. The van der Waals surface area contributed by atoms with E-state index < -0.39 is 5.60 Å². The number of benzene rings is 2. The Morgan fingerprint density at radius 3 is 2.35 bits per heavy atom. The minimum absolute atomic E-state index is 0.259. The molecule has 3 nitrogen and oxygen atoms in total. The highest BCUT2D eigenvalue weighted by Crippen LogP contribution is 2.48. The molecule has 0 saturated heterocycles. The summed E-state index contributed by atoms with van der Waals surface area (Å²) in [6, 6.07) is 7.76. The van der Waals surface area contributed by atoms with Gasteiger partial charge in [-0.05, 0) is 62.6 Å². The fourth-order valence-electron chi connectivity index (χ4n) is 2.75. The van der Waals surface area contributed by atoms with Crippen LogP contribution in [0.5, 0.6) is 11.5 Å². The second-order valence-corrected chi connectivity index (χ2v) is 6.00. The Morgan fingerprint density at radius 1 is 1.00 bits per heavy atom. The first-order valence-corrected chi connectivity index (χ1v) is 6.73. The van der Waals surface area contributed by atoms with Crippen LogP contribution in [0.3, 0.4) is 0 Å². The number of rotatable bonds is 0. The fraction of sp³-hybridized carbons (Fsp3) is 0.294. The van der Waals surface area contributed by atoms with Crippen molar-refractivity contribution in [3.8, 4) is 22.6 Å². The summed E-state index contributed by atoms with van der Waals surface area (Å²) in [6.07, 6.45) is 0. The molecule has 0 saturated carbocycles. The summed E-state index contributed by atoms with van der Waals surface area (Å²) < 4.78 is 6.06. The van der Waals surface area contributed by atoms with Gasteiger partial charge in [-0.2, -0.15) is 0 Å². The molecule has 0 aromatic heterocycles. The molecule has 0 amide bonds. The lowest BCUT2D eigenvalue weighted by Gasteiger charge is -2.35. The number of hydrogen-bond donors (Lipinski definition) is 2. The Labute approximate surface area is 119 Å². The van der Waals surface area contributed by atoms with E-state index in [0.29, 0.717) is 0 Å². The number of ether oxygens (including phenoxy) is 1. The Balaban J connectivity index is 2.36. The second kappa shape index (κ2) is 3.92. The smallest absolute Gasteiger partial charge is 0.132 e. The predicted molar refractivity (Wildman–Crippen MR) is 81.1 cm³/mol. The summed E-state index contributed by atoms with van der Waals surface area (Å²) in [5.74, 6) is 0.977. The van der Waals surface area contributed by atoms with Crippen LogP contribution in [0.2, 0.25) is 0 Å². The third-order valence-corrected chi connectivity index (χ3v) is 4.01. The molecule has 0 radical (unpaired) electrons. The number of aromatic hydroxyl groups is 1. The molecule has 1 aliphatic heterocycles. The maximum atomic E-state index is 9.89. The summed E-state index contributed by atoms with van der Waals surface area (Å²) in [5.41, 5.74) is 11.5. The van der Waals surface area contributed by atoms with Gasteiger partial charge in [-0.3, -0.25) is 0 Å². The van der Waals surface area contributed by atoms with Crippen LogP contribution in [-0.2, 0) is 5.60 Å². The Bertz CT molecular complexity index is 717. The van der Waals surface area contributed by atoms with Gasteiger partial charge in [0.05, 0.1) is 0 Å². The molecule has 104 valence electrons. The van der Waals surface area contributed by atoms with Crippen LogP contribution in [0.15, 0.2) is 24.3 Å². The number of nitrogen functional groups attached to an aromatic ring is 1. The minimum Gasteiger partial charge on any atom is -0.508 e. The molecule has 1 heterocycles. The van der Waals surface area contributed by atoms with Crippen molar-refractivity contribution in [2.45, 2.75) is 33.3 Å². The zero-order valence-electron chi connectivity index (χ0n) is 12.2. The van der Waals surface area contributed by atoms with E-state index in [4.69, 9.17) is 10.5 Å². The van der Waals surface area contributed by atoms with Crippen LogP contribution in [-0.4, -0.2) is 5.11 Å². The topological polar surface area (TPSA) is 55.5 Å². The highest BCUT2D eigenvalue weighted by atomic mass is 16.5. The number of anilines is 1. The van der Waals surface area contributed by atoms with Crippen molar-refractivity contribution in [2.24, 2.45) is 0 Å². The van der Waals surface area contributed by atoms with E-state index in [1.807, 2.05) is 39.8 Å². The molecule has 2 aromatic carbocycles. The molecule has 0 bridgehead atoms. The highest BCUT2D eigenvalue weighted by Gasteiger charge is 2.33. The molecular formula is C17H19NO2. The summed E-state index contributed by atoms with van der Waals surface area (Å²) >= 11 is 0. The third-order valence-electron chi connectivity index (χ3n) is 4.01. The monoisotopic (exact) mass is 269 g/mol. The van der Waals surface area contributed by atoms with Gasteiger partial charge < -0.3 is 15.6 Å². The van der Waals surface area contributed by atoms with Crippen LogP contribution < -0.4 is 10.5 Å². The van der Waals surface area contributed by atoms with Gasteiger partial charge >= 0.3 is 0 Å². The maximum absolute atomic E-state index is 9.89. The van der Waals surface area contributed by atoms with Crippen molar-refractivity contribution in [3.63, 3.8) is 0 Å².